The number of thioether (sulfide) groups is 1. The summed E-state index contributed by atoms with van der Waals surface area (Å²) in [6.45, 7) is 3.11. The lowest BCUT2D eigenvalue weighted by Gasteiger charge is -2.12. The number of nitrogens with one attached hydrogen (secondary N) is 1. The molecule has 2 aromatic carbocycles. The van der Waals surface area contributed by atoms with E-state index in [-0.39, 0.29) is 5.91 Å². The monoisotopic (exact) mass is 389 g/mol. The zero-order chi connectivity index (χ0) is 19.5. The van der Waals surface area contributed by atoms with Crippen LogP contribution in [0.25, 0.3) is 0 Å². The van der Waals surface area contributed by atoms with Crippen molar-refractivity contribution in [1.29, 1.82) is 0 Å². The number of carbonyl (C=O) groups is 1. The smallest absolute Gasteiger partial charge is 0.230 e. The minimum Gasteiger partial charge on any atom is -0.493 e. The molecule has 6 heteroatoms. The van der Waals surface area contributed by atoms with E-state index < -0.39 is 6.10 Å². The fraction of sp³-hybridized carbons (Fsp3) is 0.381. The normalized spacial score (nSPS) is 11.7. The summed E-state index contributed by atoms with van der Waals surface area (Å²) in [6, 6.07) is 15.1. The molecule has 0 spiro atoms. The van der Waals surface area contributed by atoms with Gasteiger partial charge in [-0.2, -0.15) is 0 Å². The Bertz CT molecular complexity index is 709. The van der Waals surface area contributed by atoms with Crippen LogP contribution in [0, 0.1) is 0 Å². The van der Waals surface area contributed by atoms with E-state index in [4.69, 9.17) is 9.47 Å². The maximum Gasteiger partial charge on any atom is 0.230 e. The Morgan fingerprint density at radius 3 is 2.67 bits per heavy atom. The van der Waals surface area contributed by atoms with Crippen molar-refractivity contribution < 1.29 is 19.4 Å². The Balaban J connectivity index is 1.75. The Morgan fingerprint density at radius 2 is 1.96 bits per heavy atom. The molecule has 5 nitrogen and oxygen atoms in total. The molecule has 0 aromatic heterocycles. The molecule has 2 N–H and O–H groups in total. The van der Waals surface area contributed by atoms with Gasteiger partial charge in [0.05, 0.1) is 25.6 Å². The molecule has 1 amide bonds. The van der Waals surface area contributed by atoms with Gasteiger partial charge in [-0.15, -0.1) is 11.8 Å². The van der Waals surface area contributed by atoms with E-state index in [9.17, 15) is 9.90 Å². The van der Waals surface area contributed by atoms with E-state index in [2.05, 4.69) is 5.32 Å². The molecule has 1 unspecified atom stereocenters. The standard InChI is InChI=1S/C21H27NO4S/c1-3-11-26-19-10-9-16(12-20(19)25-2)13-22-21(24)15-27-14-18(23)17-7-5-4-6-8-17/h4-10,12,18,23H,3,11,13-15H2,1-2H3,(H,22,24). The van der Waals surface area contributed by atoms with Crippen molar-refractivity contribution in [3.8, 4) is 11.5 Å². The molecule has 0 heterocycles. The van der Waals surface area contributed by atoms with Crippen molar-refractivity contribution in [2.24, 2.45) is 0 Å². The number of aliphatic hydroxyl groups is 1. The number of benzene rings is 2. The molecule has 1 atom stereocenters. The van der Waals surface area contributed by atoms with Gasteiger partial charge in [-0.1, -0.05) is 43.3 Å². The molecule has 0 bridgehead atoms. The average molecular weight is 390 g/mol. The van der Waals surface area contributed by atoms with Gasteiger partial charge < -0.3 is 19.9 Å². The quantitative estimate of drug-likeness (QED) is 0.615. The van der Waals surface area contributed by atoms with E-state index in [1.54, 1.807) is 7.11 Å². The number of hydrogen-bond acceptors (Lipinski definition) is 5. The largest absolute Gasteiger partial charge is 0.493 e. The van der Waals surface area contributed by atoms with Crippen molar-refractivity contribution in [2.75, 3.05) is 25.2 Å². The SMILES string of the molecule is CCCOc1ccc(CNC(=O)CSCC(O)c2ccccc2)cc1OC. The molecule has 0 aliphatic heterocycles. The third kappa shape index (κ3) is 7.15. The molecule has 0 aliphatic carbocycles. The summed E-state index contributed by atoms with van der Waals surface area (Å²) >= 11 is 1.41. The predicted octanol–water partition coefficient (Wildman–Crippen LogP) is 3.57. The molecule has 0 fully saturated rings. The van der Waals surface area contributed by atoms with Crippen molar-refractivity contribution >= 4 is 17.7 Å². The summed E-state index contributed by atoms with van der Waals surface area (Å²) in [4.78, 5) is 12.0. The van der Waals surface area contributed by atoms with Crippen LogP contribution >= 0.6 is 11.8 Å². The molecule has 2 aromatic rings. The topological polar surface area (TPSA) is 67.8 Å². The number of carbonyl (C=O) groups excluding carboxylic acids is 1. The summed E-state index contributed by atoms with van der Waals surface area (Å²) in [5, 5.41) is 13.0. The predicted molar refractivity (Wildman–Crippen MR) is 109 cm³/mol. The van der Waals surface area contributed by atoms with Gasteiger partial charge >= 0.3 is 0 Å². The fourth-order valence-corrected chi connectivity index (χ4v) is 3.26. The molecule has 2 rings (SSSR count). The number of methoxy groups -OCH3 is 1. The molecule has 0 saturated heterocycles. The van der Waals surface area contributed by atoms with Gasteiger partial charge in [0.2, 0.25) is 5.91 Å². The zero-order valence-electron chi connectivity index (χ0n) is 15.8. The van der Waals surface area contributed by atoms with Crippen LogP contribution in [-0.2, 0) is 11.3 Å². The maximum absolute atomic E-state index is 12.0. The third-order valence-electron chi connectivity index (χ3n) is 3.87. The molecule has 27 heavy (non-hydrogen) atoms. The summed E-state index contributed by atoms with van der Waals surface area (Å²) in [7, 11) is 1.60. The highest BCUT2D eigenvalue weighted by atomic mass is 32.2. The average Bonchev–Trinajstić information content (AvgIpc) is 2.71. The molecule has 0 radical (unpaired) electrons. The Hall–Kier alpha value is -2.18. The first-order chi connectivity index (χ1) is 13.1. The van der Waals surface area contributed by atoms with Gasteiger partial charge in [-0.05, 0) is 29.7 Å². The van der Waals surface area contributed by atoms with Crippen LogP contribution < -0.4 is 14.8 Å². The minimum atomic E-state index is -0.566. The fourth-order valence-electron chi connectivity index (χ4n) is 2.44. The molecular weight excluding hydrogens is 362 g/mol. The van der Waals surface area contributed by atoms with Crippen LogP contribution in [0.5, 0.6) is 11.5 Å². The highest BCUT2D eigenvalue weighted by Crippen LogP contribution is 2.28. The summed E-state index contributed by atoms with van der Waals surface area (Å²) in [5.41, 5.74) is 1.81. The van der Waals surface area contributed by atoms with E-state index in [1.165, 1.54) is 11.8 Å². The van der Waals surface area contributed by atoms with Gasteiger partial charge in [0.1, 0.15) is 0 Å². The maximum atomic E-state index is 12.0. The van der Waals surface area contributed by atoms with Crippen LogP contribution in [0.1, 0.15) is 30.6 Å². The number of ether oxygens (including phenoxy) is 2. The Kier molecular flexibility index (Phi) is 9.01. The first-order valence-corrected chi connectivity index (χ1v) is 10.2. The van der Waals surface area contributed by atoms with Crippen LogP contribution in [-0.4, -0.2) is 36.2 Å². The second-order valence-corrected chi connectivity index (χ2v) is 7.08. The van der Waals surface area contributed by atoms with Gasteiger partial charge in [-0.3, -0.25) is 4.79 Å². The highest BCUT2D eigenvalue weighted by molar-refractivity contribution is 7.99. The summed E-state index contributed by atoms with van der Waals surface area (Å²) in [5.74, 6) is 2.09. The van der Waals surface area contributed by atoms with Crippen LogP contribution in [0.2, 0.25) is 0 Å². The van der Waals surface area contributed by atoms with Crippen LogP contribution in [0.3, 0.4) is 0 Å². The van der Waals surface area contributed by atoms with Crippen molar-refractivity contribution in [2.45, 2.75) is 26.0 Å². The van der Waals surface area contributed by atoms with E-state index in [0.717, 1.165) is 17.5 Å². The lowest BCUT2D eigenvalue weighted by Crippen LogP contribution is -2.25. The van der Waals surface area contributed by atoms with Crippen LogP contribution in [0.15, 0.2) is 48.5 Å². The molecule has 146 valence electrons. The lowest BCUT2D eigenvalue weighted by molar-refractivity contribution is -0.118. The number of hydrogen-bond donors (Lipinski definition) is 2. The minimum absolute atomic E-state index is 0.0643. The Morgan fingerprint density at radius 1 is 1.19 bits per heavy atom. The number of amides is 1. The van der Waals surface area contributed by atoms with Crippen molar-refractivity contribution in [1.82, 2.24) is 5.32 Å². The first-order valence-electron chi connectivity index (χ1n) is 9.01. The second kappa shape index (κ2) is 11.5. The number of aliphatic hydroxyl groups excluding tert-OH is 1. The van der Waals surface area contributed by atoms with Gasteiger partial charge in [0.15, 0.2) is 11.5 Å². The summed E-state index contributed by atoms with van der Waals surface area (Å²) in [6.07, 6.45) is 0.362. The second-order valence-electron chi connectivity index (χ2n) is 6.05. The third-order valence-corrected chi connectivity index (χ3v) is 4.89. The van der Waals surface area contributed by atoms with Crippen molar-refractivity contribution in [3.05, 3.63) is 59.7 Å². The van der Waals surface area contributed by atoms with Crippen LogP contribution in [0.4, 0.5) is 0 Å². The van der Waals surface area contributed by atoms with Crippen molar-refractivity contribution in [3.63, 3.8) is 0 Å². The van der Waals surface area contributed by atoms with E-state index >= 15 is 0 Å². The Labute approximate surface area is 165 Å². The molecule has 0 aliphatic rings. The molecular formula is C21H27NO4S. The van der Waals surface area contributed by atoms with Gasteiger partial charge in [-0.25, -0.2) is 0 Å². The zero-order valence-corrected chi connectivity index (χ0v) is 16.6. The highest BCUT2D eigenvalue weighted by Gasteiger charge is 2.10. The van der Waals surface area contributed by atoms with E-state index in [1.807, 2.05) is 55.5 Å². The first kappa shape index (κ1) is 21.1. The lowest BCUT2D eigenvalue weighted by atomic mass is 10.1. The molecule has 0 saturated carbocycles. The van der Waals surface area contributed by atoms with E-state index in [0.29, 0.717) is 36.2 Å². The van der Waals surface area contributed by atoms with Gasteiger partial charge in [0, 0.05) is 12.3 Å². The van der Waals surface area contributed by atoms with Gasteiger partial charge in [0.25, 0.3) is 0 Å². The number of rotatable bonds is 11. The summed E-state index contributed by atoms with van der Waals surface area (Å²) < 4.78 is 11.0.